The summed E-state index contributed by atoms with van der Waals surface area (Å²) in [6.45, 7) is 7.50. The van der Waals surface area contributed by atoms with Crippen LogP contribution in [-0.4, -0.2) is 15.8 Å². The van der Waals surface area contributed by atoms with Crippen molar-refractivity contribution in [2.75, 3.05) is 0 Å². The first-order chi connectivity index (χ1) is 8.39. The molecule has 102 valence electrons. The van der Waals surface area contributed by atoms with Gasteiger partial charge in [-0.05, 0) is 31.6 Å². The Bertz CT molecular complexity index is 423. The van der Waals surface area contributed by atoms with Gasteiger partial charge in [-0.2, -0.15) is 5.10 Å². The van der Waals surface area contributed by atoms with Gasteiger partial charge >= 0.3 is 0 Å². The maximum absolute atomic E-state index is 6.26. The molecule has 4 heteroatoms. The van der Waals surface area contributed by atoms with Gasteiger partial charge in [0.05, 0.1) is 16.4 Å². The first-order valence-corrected chi connectivity index (χ1v) is 7.18. The topological polar surface area (TPSA) is 29.9 Å². The normalized spacial score (nSPS) is 23.3. The van der Waals surface area contributed by atoms with E-state index in [9.17, 15) is 0 Å². The lowest BCUT2D eigenvalue weighted by Crippen LogP contribution is -2.37. The molecule has 0 aromatic carbocycles. The summed E-state index contributed by atoms with van der Waals surface area (Å²) in [7, 11) is 1.96. The van der Waals surface area contributed by atoms with Crippen molar-refractivity contribution >= 4 is 11.6 Å². The minimum atomic E-state index is 0.474. The summed E-state index contributed by atoms with van der Waals surface area (Å²) in [4.78, 5) is 0. The van der Waals surface area contributed by atoms with Gasteiger partial charge in [0.1, 0.15) is 0 Å². The van der Waals surface area contributed by atoms with Gasteiger partial charge in [-0.15, -0.1) is 0 Å². The molecule has 1 fully saturated rings. The molecule has 2 rings (SSSR count). The van der Waals surface area contributed by atoms with Crippen molar-refractivity contribution in [3.8, 4) is 0 Å². The van der Waals surface area contributed by atoms with E-state index in [0.29, 0.717) is 11.5 Å². The SMILES string of the molecule is Cc1nn(C)c(CNC2CCCC(C)(C)C2)c1Cl. The molecule has 0 spiro atoms. The number of nitrogens with zero attached hydrogens (tertiary/aromatic N) is 2. The molecule has 0 radical (unpaired) electrons. The molecule has 0 amide bonds. The molecule has 0 saturated heterocycles. The highest BCUT2D eigenvalue weighted by Crippen LogP contribution is 2.35. The highest BCUT2D eigenvalue weighted by atomic mass is 35.5. The van der Waals surface area contributed by atoms with Gasteiger partial charge in [-0.25, -0.2) is 0 Å². The first-order valence-electron chi connectivity index (χ1n) is 6.80. The van der Waals surface area contributed by atoms with E-state index in [2.05, 4.69) is 24.3 Å². The van der Waals surface area contributed by atoms with Crippen LogP contribution in [0.1, 0.15) is 50.9 Å². The summed E-state index contributed by atoms with van der Waals surface area (Å²) < 4.78 is 1.89. The van der Waals surface area contributed by atoms with Crippen LogP contribution in [0.5, 0.6) is 0 Å². The molecule has 3 nitrogen and oxygen atoms in total. The molecule has 0 bridgehead atoms. The number of rotatable bonds is 3. The van der Waals surface area contributed by atoms with E-state index in [1.165, 1.54) is 25.7 Å². The molecule has 1 aliphatic rings. The van der Waals surface area contributed by atoms with E-state index in [1.54, 1.807) is 0 Å². The van der Waals surface area contributed by atoms with E-state index in [4.69, 9.17) is 11.6 Å². The zero-order valence-corrected chi connectivity index (χ0v) is 12.6. The smallest absolute Gasteiger partial charge is 0.0860 e. The van der Waals surface area contributed by atoms with Gasteiger partial charge < -0.3 is 5.32 Å². The Labute approximate surface area is 115 Å². The monoisotopic (exact) mass is 269 g/mol. The van der Waals surface area contributed by atoms with Crippen LogP contribution in [0.15, 0.2) is 0 Å². The minimum absolute atomic E-state index is 0.474. The quantitative estimate of drug-likeness (QED) is 0.911. The zero-order valence-electron chi connectivity index (χ0n) is 11.9. The Morgan fingerprint density at radius 2 is 2.22 bits per heavy atom. The molecule has 18 heavy (non-hydrogen) atoms. The van der Waals surface area contributed by atoms with Crippen LogP contribution in [0.3, 0.4) is 0 Å². The molecular formula is C14H24ClN3. The van der Waals surface area contributed by atoms with Crippen molar-refractivity contribution in [2.45, 2.75) is 59.0 Å². The Hall–Kier alpha value is -0.540. The molecular weight excluding hydrogens is 246 g/mol. The number of nitrogens with one attached hydrogen (secondary N) is 1. The second kappa shape index (κ2) is 5.22. The van der Waals surface area contributed by atoms with Crippen LogP contribution in [0.2, 0.25) is 5.02 Å². The van der Waals surface area contributed by atoms with Crippen LogP contribution < -0.4 is 5.32 Å². The number of halogens is 1. The maximum atomic E-state index is 6.26. The third-order valence-corrected chi connectivity index (χ3v) is 4.52. The van der Waals surface area contributed by atoms with Crippen molar-refractivity contribution in [1.82, 2.24) is 15.1 Å². The van der Waals surface area contributed by atoms with Crippen molar-refractivity contribution in [3.05, 3.63) is 16.4 Å². The highest BCUT2D eigenvalue weighted by Gasteiger charge is 2.27. The summed E-state index contributed by atoms with van der Waals surface area (Å²) in [5.74, 6) is 0. The number of aryl methyl sites for hydroxylation is 2. The average Bonchev–Trinajstić information content (AvgIpc) is 2.50. The van der Waals surface area contributed by atoms with Crippen molar-refractivity contribution < 1.29 is 0 Å². The maximum Gasteiger partial charge on any atom is 0.0860 e. The number of hydrogen-bond donors (Lipinski definition) is 1. The average molecular weight is 270 g/mol. The van der Waals surface area contributed by atoms with Gasteiger partial charge in [-0.3, -0.25) is 4.68 Å². The van der Waals surface area contributed by atoms with E-state index in [0.717, 1.165) is 23.0 Å². The molecule has 1 unspecified atom stereocenters. The fourth-order valence-corrected chi connectivity index (χ4v) is 3.21. The molecule has 1 aliphatic carbocycles. The Balaban J connectivity index is 1.95. The molecule has 1 heterocycles. The van der Waals surface area contributed by atoms with Gasteiger partial charge in [0.2, 0.25) is 0 Å². The molecule has 1 N–H and O–H groups in total. The Morgan fingerprint density at radius 1 is 1.50 bits per heavy atom. The number of aromatic nitrogens is 2. The van der Waals surface area contributed by atoms with Crippen LogP contribution in [0.4, 0.5) is 0 Å². The molecule has 1 aromatic rings. The highest BCUT2D eigenvalue weighted by molar-refractivity contribution is 6.31. The molecule has 1 aromatic heterocycles. The third kappa shape index (κ3) is 3.07. The van der Waals surface area contributed by atoms with Gasteiger partial charge in [0.15, 0.2) is 0 Å². The minimum Gasteiger partial charge on any atom is -0.308 e. The predicted molar refractivity (Wildman–Crippen MR) is 75.8 cm³/mol. The fraction of sp³-hybridized carbons (Fsp3) is 0.786. The third-order valence-electron chi connectivity index (χ3n) is 4.02. The van der Waals surface area contributed by atoms with Crippen LogP contribution in [0.25, 0.3) is 0 Å². The summed E-state index contributed by atoms with van der Waals surface area (Å²) in [6, 6.07) is 0.611. The molecule has 1 atom stereocenters. The van der Waals surface area contributed by atoms with Crippen molar-refractivity contribution in [2.24, 2.45) is 12.5 Å². The second-order valence-electron chi connectivity index (χ2n) is 6.31. The van der Waals surface area contributed by atoms with Gasteiger partial charge in [-0.1, -0.05) is 31.9 Å². The van der Waals surface area contributed by atoms with Crippen molar-refractivity contribution in [1.29, 1.82) is 0 Å². The molecule has 0 aliphatic heterocycles. The molecule has 1 saturated carbocycles. The lowest BCUT2D eigenvalue weighted by molar-refractivity contribution is 0.197. The van der Waals surface area contributed by atoms with Gasteiger partial charge in [0.25, 0.3) is 0 Å². The van der Waals surface area contributed by atoms with E-state index in [1.807, 2.05) is 18.7 Å². The number of hydrogen-bond acceptors (Lipinski definition) is 2. The largest absolute Gasteiger partial charge is 0.308 e. The zero-order chi connectivity index (χ0) is 13.3. The van der Waals surface area contributed by atoms with E-state index >= 15 is 0 Å². The van der Waals surface area contributed by atoms with Crippen LogP contribution >= 0.6 is 11.6 Å². The lowest BCUT2D eigenvalue weighted by Gasteiger charge is -2.35. The second-order valence-corrected chi connectivity index (χ2v) is 6.69. The van der Waals surface area contributed by atoms with Crippen LogP contribution in [-0.2, 0) is 13.6 Å². The van der Waals surface area contributed by atoms with Gasteiger partial charge in [0, 0.05) is 19.6 Å². The Kier molecular flexibility index (Phi) is 4.02. The predicted octanol–water partition coefficient (Wildman–Crippen LogP) is 3.44. The first kappa shape index (κ1) is 13.9. The van der Waals surface area contributed by atoms with E-state index in [-0.39, 0.29) is 0 Å². The summed E-state index contributed by atoms with van der Waals surface area (Å²) in [5, 5.41) is 8.80. The Morgan fingerprint density at radius 3 is 2.78 bits per heavy atom. The standard InChI is InChI=1S/C14H24ClN3/c1-10-13(15)12(18(4)17-10)9-16-11-6-5-7-14(2,3)8-11/h11,16H,5-9H2,1-4H3. The fourth-order valence-electron chi connectivity index (χ4n) is 2.99. The summed E-state index contributed by atoms with van der Waals surface area (Å²) in [6.07, 6.45) is 5.19. The van der Waals surface area contributed by atoms with Crippen molar-refractivity contribution in [3.63, 3.8) is 0 Å². The summed E-state index contributed by atoms with van der Waals surface area (Å²) in [5.41, 5.74) is 2.49. The van der Waals surface area contributed by atoms with Crippen LogP contribution in [0, 0.1) is 12.3 Å². The summed E-state index contributed by atoms with van der Waals surface area (Å²) >= 11 is 6.26. The van der Waals surface area contributed by atoms with E-state index < -0.39 is 0 Å². The lowest BCUT2D eigenvalue weighted by atomic mass is 9.75.